The van der Waals surface area contributed by atoms with E-state index in [-0.39, 0.29) is 0 Å². The Kier molecular flexibility index (Phi) is 6.38. The van der Waals surface area contributed by atoms with Crippen LogP contribution in [0.3, 0.4) is 0 Å². The van der Waals surface area contributed by atoms with Gasteiger partial charge in [0.25, 0.3) is 0 Å². The number of nitrogens with one attached hydrogen (secondary N) is 3. The molecular weight excluding hydrogens is 388 g/mol. The fraction of sp³-hybridized carbons (Fsp3) is 0.190. The summed E-state index contributed by atoms with van der Waals surface area (Å²) in [5, 5.41) is 16.6. The first-order chi connectivity index (χ1) is 13.5. The summed E-state index contributed by atoms with van der Waals surface area (Å²) in [4.78, 5) is 5.26. The summed E-state index contributed by atoms with van der Waals surface area (Å²) in [5.74, 6) is 0.732. The van der Waals surface area contributed by atoms with E-state index in [0.29, 0.717) is 17.4 Å². The maximum absolute atomic E-state index is 8.76. The molecule has 0 aliphatic rings. The molecule has 0 saturated carbocycles. The number of pyridine rings is 1. The fourth-order valence-corrected chi connectivity index (χ4v) is 4.08. The number of thiocarbonyl (C=S) groups is 1. The van der Waals surface area contributed by atoms with Gasteiger partial charge in [0.15, 0.2) is 5.11 Å². The maximum atomic E-state index is 8.76. The minimum atomic E-state index is 0.443. The second kappa shape index (κ2) is 8.95. The van der Waals surface area contributed by atoms with Gasteiger partial charge in [0.05, 0.1) is 12.8 Å². The van der Waals surface area contributed by atoms with Gasteiger partial charge in [0, 0.05) is 34.9 Å². The Bertz CT molecular complexity index is 999. The van der Waals surface area contributed by atoms with E-state index in [1.807, 2.05) is 43.3 Å². The Balaban J connectivity index is 1.79. The first-order valence-electron chi connectivity index (χ1n) is 8.76. The van der Waals surface area contributed by atoms with Gasteiger partial charge < -0.3 is 15.4 Å². The molecule has 2 heterocycles. The summed E-state index contributed by atoms with van der Waals surface area (Å²) in [6.45, 7) is 4.68. The van der Waals surface area contributed by atoms with Crippen molar-refractivity contribution in [3.05, 3.63) is 75.9 Å². The summed E-state index contributed by atoms with van der Waals surface area (Å²) in [6.07, 6.45) is 3.55. The molecule has 0 aliphatic carbocycles. The fourth-order valence-electron chi connectivity index (χ4n) is 2.77. The lowest BCUT2D eigenvalue weighted by atomic mass is 10.00. The predicted octanol–water partition coefficient (Wildman–Crippen LogP) is 4.67. The number of nitrogens with zero attached hydrogens (tertiary/aromatic N) is 1. The van der Waals surface area contributed by atoms with Crippen LogP contribution in [0.1, 0.15) is 27.1 Å². The van der Waals surface area contributed by atoms with E-state index in [4.69, 9.17) is 22.4 Å². The van der Waals surface area contributed by atoms with Gasteiger partial charge in [0.2, 0.25) is 0 Å². The zero-order valence-electron chi connectivity index (χ0n) is 16.0. The van der Waals surface area contributed by atoms with E-state index in [1.165, 1.54) is 0 Å². The predicted molar refractivity (Wildman–Crippen MR) is 120 cm³/mol. The Morgan fingerprint density at radius 3 is 2.79 bits per heavy atom. The van der Waals surface area contributed by atoms with Crippen LogP contribution >= 0.6 is 23.6 Å². The molecule has 3 aromatic rings. The molecule has 0 amide bonds. The number of aryl methyl sites for hydroxylation is 1. The number of hydrogen-bond donors (Lipinski definition) is 3. The molecule has 0 spiro atoms. The van der Waals surface area contributed by atoms with Crippen molar-refractivity contribution in [2.75, 3.05) is 12.4 Å². The highest BCUT2D eigenvalue weighted by molar-refractivity contribution is 7.80. The largest absolute Gasteiger partial charge is 0.497 e. The van der Waals surface area contributed by atoms with Crippen LogP contribution in [0.15, 0.2) is 48.8 Å². The lowest BCUT2D eigenvalue weighted by Gasteiger charge is -2.13. The van der Waals surface area contributed by atoms with Crippen molar-refractivity contribution >= 4 is 39.4 Å². The van der Waals surface area contributed by atoms with E-state index < -0.39 is 0 Å². The van der Waals surface area contributed by atoms with Crippen molar-refractivity contribution in [3.63, 3.8) is 0 Å². The lowest BCUT2D eigenvalue weighted by molar-refractivity contribution is 0.414. The molecule has 5 nitrogen and oxygen atoms in total. The molecule has 0 saturated heterocycles. The number of ether oxygens (including phenoxy) is 1. The molecule has 3 N–H and O–H groups in total. The van der Waals surface area contributed by atoms with Gasteiger partial charge in [-0.05, 0) is 55.4 Å². The summed E-state index contributed by atoms with van der Waals surface area (Å²) < 4.78 is 5.30. The second-order valence-electron chi connectivity index (χ2n) is 6.26. The monoisotopic (exact) mass is 410 g/mol. The maximum Gasteiger partial charge on any atom is 0.171 e. The molecule has 3 rings (SSSR count). The number of aromatic nitrogens is 1. The topological polar surface area (TPSA) is 70.0 Å². The Labute approximate surface area is 174 Å². The third-order valence-corrected chi connectivity index (χ3v) is 5.77. The first kappa shape index (κ1) is 20.0. The normalized spacial score (nSPS) is 10.4. The first-order valence-corrected chi connectivity index (χ1v) is 9.99. The summed E-state index contributed by atoms with van der Waals surface area (Å²) in [7, 11) is 1.63. The highest BCUT2D eigenvalue weighted by atomic mass is 32.1. The quantitative estimate of drug-likeness (QED) is 0.407. The van der Waals surface area contributed by atoms with Gasteiger partial charge in [0.1, 0.15) is 10.8 Å². The Hall–Kier alpha value is -2.77. The Morgan fingerprint density at radius 1 is 1.25 bits per heavy atom. The van der Waals surface area contributed by atoms with Crippen LogP contribution in [0.5, 0.6) is 5.75 Å². The minimum Gasteiger partial charge on any atom is -0.497 e. The van der Waals surface area contributed by atoms with Gasteiger partial charge in [-0.1, -0.05) is 18.2 Å². The molecule has 1 aromatic carbocycles. The molecule has 0 atom stereocenters. The van der Waals surface area contributed by atoms with E-state index in [0.717, 1.165) is 37.9 Å². The van der Waals surface area contributed by atoms with Crippen LogP contribution in [0.2, 0.25) is 0 Å². The summed E-state index contributed by atoms with van der Waals surface area (Å²) in [5.41, 5.74) is 4.24. The molecule has 7 heteroatoms. The van der Waals surface area contributed by atoms with Gasteiger partial charge in [-0.15, -0.1) is 11.3 Å². The van der Waals surface area contributed by atoms with Crippen molar-refractivity contribution in [1.82, 2.24) is 10.3 Å². The molecular formula is C21H22N4OS2. The van der Waals surface area contributed by atoms with Gasteiger partial charge >= 0.3 is 0 Å². The average molecular weight is 411 g/mol. The molecule has 0 unspecified atom stereocenters. The standard InChI is InChI=1S/C21H22N4OS2/c1-13-14(2)28-20(25-21(27)24-12-15-6-5-9-23-11-15)18(13)19(22)16-7-4-8-17(10-16)26-3/h4-11,22H,12H2,1-3H3,(H2,24,25,27). The van der Waals surface area contributed by atoms with Crippen LogP contribution in [-0.4, -0.2) is 22.9 Å². The van der Waals surface area contributed by atoms with Crippen molar-refractivity contribution in [2.45, 2.75) is 20.4 Å². The number of hydrogen-bond acceptors (Lipinski definition) is 5. The molecule has 0 radical (unpaired) electrons. The minimum absolute atomic E-state index is 0.443. The lowest BCUT2D eigenvalue weighted by Crippen LogP contribution is -2.28. The number of rotatable bonds is 6. The van der Waals surface area contributed by atoms with Gasteiger partial charge in [-0.2, -0.15) is 0 Å². The van der Waals surface area contributed by atoms with Crippen LogP contribution in [-0.2, 0) is 6.54 Å². The number of methoxy groups -OCH3 is 1. The van der Waals surface area contributed by atoms with Crippen LogP contribution in [0.4, 0.5) is 5.00 Å². The van der Waals surface area contributed by atoms with E-state index in [1.54, 1.807) is 30.8 Å². The highest BCUT2D eigenvalue weighted by Gasteiger charge is 2.19. The molecule has 28 heavy (non-hydrogen) atoms. The van der Waals surface area contributed by atoms with Crippen molar-refractivity contribution in [1.29, 1.82) is 5.41 Å². The number of thiophene rings is 1. The van der Waals surface area contributed by atoms with Crippen molar-refractivity contribution in [3.8, 4) is 5.75 Å². The Morgan fingerprint density at radius 2 is 2.07 bits per heavy atom. The smallest absolute Gasteiger partial charge is 0.171 e. The third kappa shape index (κ3) is 4.55. The zero-order chi connectivity index (χ0) is 20.1. The van der Waals surface area contributed by atoms with Crippen molar-refractivity contribution in [2.24, 2.45) is 0 Å². The van der Waals surface area contributed by atoms with E-state index in [2.05, 4.69) is 22.5 Å². The second-order valence-corrected chi connectivity index (χ2v) is 7.90. The summed E-state index contributed by atoms with van der Waals surface area (Å²) >= 11 is 7.06. The highest BCUT2D eigenvalue weighted by Crippen LogP contribution is 2.34. The molecule has 0 bridgehead atoms. The van der Waals surface area contributed by atoms with Crippen LogP contribution in [0, 0.1) is 19.3 Å². The molecule has 0 aliphatic heterocycles. The van der Waals surface area contributed by atoms with E-state index >= 15 is 0 Å². The van der Waals surface area contributed by atoms with Crippen LogP contribution < -0.4 is 15.4 Å². The van der Waals surface area contributed by atoms with Crippen LogP contribution in [0.25, 0.3) is 0 Å². The molecule has 144 valence electrons. The SMILES string of the molecule is COc1cccc(C(=N)c2c(NC(=S)NCc3cccnc3)sc(C)c2C)c1. The van der Waals surface area contributed by atoms with Gasteiger partial charge in [-0.25, -0.2) is 0 Å². The molecule has 0 fully saturated rings. The van der Waals surface area contributed by atoms with E-state index in [9.17, 15) is 0 Å². The zero-order valence-corrected chi connectivity index (χ0v) is 17.6. The van der Waals surface area contributed by atoms with Gasteiger partial charge in [-0.3, -0.25) is 10.4 Å². The average Bonchev–Trinajstić information content (AvgIpc) is 2.99. The number of benzene rings is 1. The number of anilines is 1. The summed E-state index contributed by atoms with van der Waals surface area (Å²) in [6, 6.07) is 11.4. The molecule has 2 aromatic heterocycles. The van der Waals surface area contributed by atoms with Crippen molar-refractivity contribution < 1.29 is 4.74 Å². The third-order valence-electron chi connectivity index (χ3n) is 4.40.